The first-order valence-electron chi connectivity index (χ1n) is 17.5. The van der Waals surface area contributed by atoms with E-state index < -0.39 is 0 Å². The van der Waals surface area contributed by atoms with E-state index in [9.17, 15) is 0 Å². The summed E-state index contributed by atoms with van der Waals surface area (Å²) in [7, 11) is 0. The summed E-state index contributed by atoms with van der Waals surface area (Å²) < 4.78 is 5.00. The van der Waals surface area contributed by atoms with Gasteiger partial charge in [0.15, 0.2) is 0 Å². The molecule has 2 aromatic rings. The van der Waals surface area contributed by atoms with Crippen molar-refractivity contribution in [2.45, 2.75) is 181 Å². The molecule has 0 aliphatic heterocycles. The average molecular weight is 538 g/mol. The Morgan fingerprint density at radius 2 is 0.897 bits per heavy atom. The van der Waals surface area contributed by atoms with E-state index in [4.69, 9.17) is 0 Å². The van der Waals surface area contributed by atoms with E-state index in [1.807, 2.05) is 0 Å². The molecule has 2 nitrogen and oxygen atoms in total. The van der Waals surface area contributed by atoms with Crippen molar-refractivity contribution in [3.63, 3.8) is 0 Å². The van der Waals surface area contributed by atoms with E-state index in [0.717, 1.165) is 0 Å². The van der Waals surface area contributed by atoms with Crippen LogP contribution in [0.1, 0.15) is 174 Å². The monoisotopic (exact) mass is 538 g/mol. The third-order valence-electron chi connectivity index (χ3n) is 8.55. The van der Waals surface area contributed by atoms with Crippen LogP contribution in [-0.2, 0) is 13.0 Å². The summed E-state index contributed by atoms with van der Waals surface area (Å²) in [5.74, 6) is 1.50. The topological polar surface area (TPSA) is 8.81 Å². The number of hydrogen-bond donors (Lipinski definition) is 0. The molecule has 0 aliphatic rings. The zero-order chi connectivity index (χ0) is 27.6. The van der Waals surface area contributed by atoms with Gasteiger partial charge in [-0.1, -0.05) is 167 Å². The van der Waals surface area contributed by atoms with Crippen LogP contribution in [-0.4, -0.2) is 4.57 Å². The highest BCUT2D eigenvalue weighted by Crippen LogP contribution is 2.16. The molecule has 0 saturated heterocycles. The average Bonchev–Trinajstić information content (AvgIpc) is 3.37. The lowest BCUT2D eigenvalue weighted by Crippen LogP contribution is -2.37. The molecule has 0 bridgehead atoms. The van der Waals surface area contributed by atoms with Gasteiger partial charge in [-0.25, -0.2) is 4.57 Å². The summed E-state index contributed by atoms with van der Waals surface area (Å²) in [4.78, 5) is 0. The van der Waals surface area contributed by atoms with Gasteiger partial charge in [0, 0.05) is 6.42 Å². The van der Waals surface area contributed by atoms with Gasteiger partial charge in [-0.05, 0) is 31.4 Å². The van der Waals surface area contributed by atoms with E-state index >= 15 is 0 Å². The molecule has 0 unspecified atom stereocenters. The molecule has 2 rings (SSSR count). The quantitative estimate of drug-likeness (QED) is 0.0791. The number of nitrogens with zero attached hydrogens (tertiary/aromatic N) is 2. The molecule has 0 spiro atoms. The first-order chi connectivity index (χ1) is 19.4. The fourth-order valence-electron chi connectivity index (χ4n) is 6.00. The number of rotatable bonds is 27. The number of hydrogen-bond acceptors (Lipinski definition) is 0. The van der Waals surface area contributed by atoms with E-state index in [2.05, 4.69) is 65.7 Å². The molecule has 39 heavy (non-hydrogen) atoms. The Morgan fingerprint density at radius 3 is 1.36 bits per heavy atom. The Morgan fingerprint density at radius 1 is 0.487 bits per heavy atom. The molecule has 0 saturated carbocycles. The minimum Gasteiger partial charge on any atom is -0.234 e. The lowest BCUT2D eigenvalue weighted by atomic mass is 10.0. The number of aromatic nitrogens is 2. The molecule has 1 aromatic heterocycles. The summed E-state index contributed by atoms with van der Waals surface area (Å²) in [5, 5.41) is 0. The standard InChI is InChI=1S/C37H65N2/c1-3-5-7-9-11-13-15-17-19-21-23-28-32-37-38(34-35-39(37)36-30-26-25-27-31-36)33-29-24-22-20-18-16-14-12-10-8-6-4-2/h25-27,30-31,34-35H,3-24,28-29,32-33H2,1-2H3/q+1. The normalized spacial score (nSPS) is 11.4. The molecule has 1 heterocycles. The second-order valence-corrected chi connectivity index (χ2v) is 12.1. The van der Waals surface area contributed by atoms with Crippen molar-refractivity contribution in [1.29, 1.82) is 0 Å². The number of unbranched alkanes of at least 4 members (excludes halogenated alkanes) is 22. The van der Waals surface area contributed by atoms with Crippen molar-refractivity contribution in [2.24, 2.45) is 0 Å². The zero-order valence-corrected chi connectivity index (χ0v) is 26.3. The molecule has 1 aromatic carbocycles. The van der Waals surface area contributed by atoms with Crippen LogP contribution >= 0.6 is 0 Å². The van der Waals surface area contributed by atoms with Gasteiger partial charge < -0.3 is 0 Å². The number of imidazole rings is 1. The Kier molecular flexibility index (Phi) is 20.9. The van der Waals surface area contributed by atoms with Crippen LogP contribution < -0.4 is 4.57 Å². The summed E-state index contributed by atoms with van der Waals surface area (Å²) in [6.07, 6.45) is 39.8. The summed E-state index contributed by atoms with van der Waals surface area (Å²) in [6, 6.07) is 11.0. The number of benzene rings is 1. The minimum absolute atomic E-state index is 1.17. The summed E-state index contributed by atoms with van der Waals surface area (Å²) in [5.41, 5.74) is 1.31. The van der Waals surface area contributed by atoms with Crippen LogP contribution in [0.25, 0.3) is 5.69 Å². The first kappa shape index (κ1) is 33.6. The fourth-order valence-corrected chi connectivity index (χ4v) is 6.00. The van der Waals surface area contributed by atoms with Crippen LogP contribution in [0.2, 0.25) is 0 Å². The van der Waals surface area contributed by atoms with Gasteiger partial charge in [-0.2, -0.15) is 4.57 Å². The Bertz CT molecular complexity index is 778. The van der Waals surface area contributed by atoms with Gasteiger partial charge in [0.05, 0.1) is 6.54 Å². The van der Waals surface area contributed by atoms with E-state index in [0.29, 0.717) is 0 Å². The summed E-state index contributed by atoms with van der Waals surface area (Å²) in [6.45, 7) is 5.78. The van der Waals surface area contributed by atoms with Crippen LogP contribution in [0.4, 0.5) is 0 Å². The molecule has 0 N–H and O–H groups in total. The molecule has 0 amide bonds. The Hall–Kier alpha value is -1.57. The maximum atomic E-state index is 2.56. The van der Waals surface area contributed by atoms with Crippen LogP contribution in [0.3, 0.4) is 0 Å². The van der Waals surface area contributed by atoms with E-state index in [-0.39, 0.29) is 0 Å². The predicted molar refractivity (Wildman–Crippen MR) is 172 cm³/mol. The van der Waals surface area contributed by atoms with Crippen molar-refractivity contribution in [2.75, 3.05) is 0 Å². The predicted octanol–water partition coefficient (Wildman–Crippen LogP) is 11.7. The molecular weight excluding hydrogens is 472 g/mol. The highest BCUT2D eigenvalue weighted by molar-refractivity contribution is 5.31. The van der Waals surface area contributed by atoms with Crippen LogP contribution in [0, 0.1) is 0 Å². The smallest absolute Gasteiger partial charge is 0.234 e. The molecule has 0 atom stereocenters. The van der Waals surface area contributed by atoms with Gasteiger partial charge in [-0.3, -0.25) is 0 Å². The number of para-hydroxylation sites is 1. The molecule has 0 aliphatic carbocycles. The van der Waals surface area contributed by atoms with Crippen molar-refractivity contribution in [3.05, 3.63) is 48.5 Å². The lowest BCUT2D eigenvalue weighted by Gasteiger charge is -2.07. The Balaban J connectivity index is 1.63. The largest absolute Gasteiger partial charge is 0.261 e. The maximum absolute atomic E-state index is 2.56. The van der Waals surface area contributed by atoms with Gasteiger partial charge in [0.25, 0.3) is 5.82 Å². The first-order valence-corrected chi connectivity index (χ1v) is 17.5. The van der Waals surface area contributed by atoms with Crippen molar-refractivity contribution >= 4 is 0 Å². The van der Waals surface area contributed by atoms with Crippen molar-refractivity contribution in [3.8, 4) is 5.69 Å². The van der Waals surface area contributed by atoms with Gasteiger partial charge in [0.1, 0.15) is 18.1 Å². The third-order valence-corrected chi connectivity index (χ3v) is 8.55. The molecule has 222 valence electrons. The van der Waals surface area contributed by atoms with Gasteiger partial charge in [-0.15, -0.1) is 0 Å². The third kappa shape index (κ3) is 16.3. The molecular formula is C37H65N2+. The van der Waals surface area contributed by atoms with Crippen molar-refractivity contribution < 1.29 is 4.57 Å². The van der Waals surface area contributed by atoms with Crippen LogP contribution in [0.15, 0.2) is 42.7 Å². The highest BCUT2D eigenvalue weighted by Gasteiger charge is 2.18. The SMILES string of the molecule is CCCCCCCCCCCCCCc1n(-c2ccccc2)cc[n+]1CCCCCCCCCCCCCC. The van der Waals surface area contributed by atoms with Gasteiger partial charge >= 0.3 is 0 Å². The van der Waals surface area contributed by atoms with E-state index in [1.165, 1.54) is 179 Å². The molecule has 2 heteroatoms. The second kappa shape index (κ2) is 24.2. The molecule has 0 radical (unpaired) electrons. The maximum Gasteiger partial charge on any atom is 0.261 e. The fraction of sp³-hybridized carbons (Fsp3) is 0.757. The van der Waals surface area contributed by atoms with Crippen LogP contribution in [0.5, 0.6) is 0 Å². The Labute approximate surface area is 244 Å². The minimum atomic E-state index is 1.17. The van der Waals surface area contributed by atoms with E-state index in [1.54, 1.807) is 0 Å². The molecule has 0 fully saturated rings. The van der Waals surface area contributed by atoms with Gasteiger partial charge in [0.2, 0.25) is 0 Å². The number of aryl methyl sites for hydroxylation is 1. The highest BCUT2D eigenvalue weighted by atomic mass is 15.1. The summed E-state index contributed by atoms with van der Waals surface area (Å²) >= 11 is 0. The lowest BCUT2D eigenvalue weighted by molar-refractivity contribution is -0.704. The van der Waals surface area contributed by atoms with Crippen molar-refractivity contribution in [1.82, 2.24) is 4.57 Å². The second-order valence-electron chi connectivity index (χ2n) is 12.1. The zero-order valence-electron chi connectivity index (χ0n) is 26.3.